The Labute approximate surface area is 89.2 Å². The molecule has 0 radical (unpaired) electrons. The molecule has 1 aromatic rings. The molecule has 5 nitrogen and oxygen atoms in total. The van der Waals surface area contributed by atoms with E-state index in [9.17, 15) is 8.42 Å². The molecule has 1 atom stereocenters. The van der Waals surface area contributed by atoms with Crippen LogP contribution in [-0.2, 0) is 16.4 Å². The van der Waals surface area contributed by atoms with Crippen LogP contribution < -0.4 is 5.32 Å². The molecule has 0 aromatic carbocycles. The van der Waals surface area contributed by atoms with E-state index in [2.05, 4.69) is 15.5 Å². The molecule has 2 heterocycles. The summed E-state index contributed by atoms with van der Waals surface area (Å²) in [6.07, 6.45) is 2.37. The quantitative estimate of drug-likeness (QED) is 0.769. The minimum Gasteiger partial charge on any atom is -0.305 e. The first-order valence-corrected chi connectivity index (χ1v) is 6.75. The maximum atomic E-state index is 11.3. The molecule has 0 spiro atoms. The smallest absolute Gasteiger partial charge is 0.152 e. The third kappa shape index (κ3) is 2.57. The van der Waals surface area contributed by atoms with E-state index in [1.165, 1.54) is 0 Å². The average Bonchev–Trinajstić information content (AvgIpc) is 2.71. The second-order valence-corrected chi connectivity index (χ2v) is 6.52. The molecule has 1 aliphatic rings. The van der Waals surface area contributed by atoms with Gasteiger partial charge in [0.05, 0.1) is 11.5 Å². The molecule has 15 heavy (non-hydrogen) atoms. The van der Waals surface area contributed by atoms with Gasteiger partial charge in [0, 0.05) is 24.0 Å². The zero-order valence-electron chi connectivity index (χ0n) is 8.66. The Balaban J connectivity index is 1.95. The highest BCUT2D eigenvalue weighted by atomic mass is 32.2. The molecule has 1 unspecified atom stereocenters. The number of nitrogens with zero attached hydrogens (tertiary/aromatic N) is 1. The average molecular weight is 229 g/mol. The summed E-state index contributed by atoms with van der Waals surface area (Å²) in [7, 11) is -2.83. The van der Waals surface area contributed by atoms with Crippen LogP contribution in [0.3, 0.4) is 0 Å². The van der Waals surface area contributed by atoms with Crippen molar-refractivity contribution >= 4 is 9.84 Å². The van der Waals surface area contributed by atoms with Gasteiger partial charge < -0.3 is 5.32 Å². The Morgan fingerprint density at radius 1 is 1.67 bits per heavy atom. The molecule has 1 saturated heterocycles. The summed E-state index contributed by atoms with van der Waals surface area (Å²) in [6.45, 7) is 2.58. The molecule has 0 aliphatic carbocycles. The third-order valence-corrected chi connectivity index (χ3v) is 4.67. The fourth-order valence-corrected chi connectivity index (χ4v) is 3.96. The van der Waals surface area contributed by atoms with Crippen LogP contribution in [-0.4, -0.2) is 35.7 Å². The minimum atomic E-state index is -2.83. The van der Waals surface area contributed by atoms with E-state index in [1.54, 1.807) is 6.20 Å². The van der Waals surface area contributed by atoms with Gasteiger partial charge in [0.2, 0.25) is 0 Å². The van der Waals surface area contributed by atoms with Crippen LogP contribution >= 0.6 is 0 Å². The van der Waals surface area contributed by atoms with Gasteiger partial charge in [0.25, 0.3) is 0 Å². The van der Waals surface area contributed by atoms with Crippen LogP contribution in [0.5, 0.6) is 0 Å². The number of hydrogen-bond donors (Lipinski definition) is 2. The molecule has 84 valence electrons. The van der Waals surface area contributed by atoms with Crippen molar-refractivity contribution in [2.75, 3.05) is 11.5 Å². The Kier molecular flexibility index (Phi) is 2.56. The predicted octanol–water partition coefficient (Wildman–Crippen LogP) is 0.0765. The number of sulfone groups is 1. The van der Waals surface area contributed by atoms with E-state index in [0.717, 1.165) is 5.69 Å². The molecule has 2 N–H and O–H groups in total. The zero-order chi connectivity index (χ0) is 10.9. The summed E-state index contributed by atoms with van der Waals surface area (Å²) in [4.78, 5) is 0. The Morgan fingerprint density at radius 3 is 3.00 bits per heavy atom. The van der Waals surface area contributed by atoms with E-state index in [1.807, 2.05) is 13.0 Å². The van der Waals surface area contributed by atoms with Gasteiger partial charge in [0.1, 0.15) is 0 Å². The monoisotopic (exact) mass is 229 g/mol. The van der Waals surface area contributed by atoms with Crippen molar-refractivity contribution in [3.05, 3.63) is 18.0 Å². The molecule has 0 bridgehead atoms. The van der Waals surface area contributed by atoms with Crippen molar-refractivity contribution in [3.8, 4) is 0 Å². The second-order valence-electron chi connectivity index (χ2n) is 4.34. The second kappa shape index (κ2) is 3.61. The molecular weight excluding hydrogens is 214 g/mol. The van der Waals surface area contributed by atoms with Gasteiger partial charge in [-0.3, -0.25) is 5.10 Å². The number of aromatic amines is 1. The molecule has 2 rings (SSSR count). The van der Waals surface area contributed by atoms with Gasteiger partial charge in [-0.2, -0.15) is 5.10 Å². The summed E-state index contributed by atoms with van der Waals surface area (Å²) in [6, 6.07) is 1.87. The topological polar surface area (TPSA) is 74.8 Å². The predicted molar refractivity (Wildman–Crippen MR) is 57.1 cm³/mol. The molecule has 0 amide bonds. The largest absolute Gasteiger partial charge is 0.305 e. The van der Waals surface area contributed by atoms with Crippen LogP contribution in [0.15, 0.2) is 12.3 Å². The summed E-state index contributed by atoms with van der Waals surface area (Å²) < 4.78 is 22.7. The van der Waals surface area contributed by atoms with Crippen molar-refractivity contribution in [1.29, 1.82) is 0 Å². The first-order chi connectivity index (χ1) is 6.99. The highest BCUT2D eigenvalue weighted by Gasteiger charge is 2.37. The first-order valence-electron chi connectivity index (χ1n) is 4.93. The third-order valence-electron chi connectivity index (χ3n) is 2.77. The highest BCUT2D eigenvalue weighted by Crippen LogP contribution is 2.22. The standard InChI is InChI=1S/C9H15N3O2S/c1-9(3-5-15(13,14)7-9)10-6-8-2-4-11-12-8/h2,4,10H,3,5-7H2,1H3,(H,11,12). The van der Waals surface area contributed by atoms with Crippen LogP contribution in [0.4, 0.5) is 0 Å². The molecule has 1 aromatic heterocycles. The van der Waals surface area contributed by atoms with Gasteiger partial charge in [-0.15, -0.1) is 0 Å². The van der Waals surface area contributed by atoms with Crippen LogP contribution in [0.2, 0.25) is 0 Å². The zero-order valence-corrected chi connectivity index (χ0v) is 9.47. The number of aromatic nitrogens is 2. The molecular formula is C9H15N3O2S. The summed E-state index contributed by atoms with van der Waals surface area (Å²) in [5.74, 6) is 0.521. The maximum Gasteiger partial charge on any atom is 0.152 e. The Bertz CT molecular complexity index is 426. The number of rotatable bonds is 3. The Hall–Kier alpha value is -0.880. The van der Waals surface area contributed by atoms with Crippen molar-refractivity contribution in [3.63, 3.8) is 0 Å². The lowest BCUT2D eigenvalue weighted by molar-refractivity contribution is 0.393. The van der Waals surface area contributed by atoms with E-state index in [4.69, 9.17) is 0 Å². The van der Waals surface area contributed by atoms with Crippen molar-refractivity contribution in [1.82, 2.24) is 15.5 Å². The van der Waals surface area contributed by atoms with Crippen LogP contribution in [0, 0.1) is 0 Å². The van der Waals surface area contributed by atoms with Crippen molar-refractivity contribution in [2.24, 2.45) is 0 Å². The van der Waals surface area contributed by atoms with E-state index >= 15 is 0 Å². The van der Waals surface area contributed by atoms with Crippen LogP contribution in [0.1, 0.15) is 19.0 Å². The van der Waals surface area contributed by atoms with Crippen molar-refractivity contribution in [2.45, 2.75) is 25.4 Å². The number of hydrogen-bond acceptors (Lipinski definition) is 4. The normalized spacial score (nSPS) is 29.4. The van der Waals surface area contributed by atoms with E-state index in [0.29, 0.717) is 18.7 Å². The van der Waals surface area contributed by atoms with Gasteiger partial charge in [-0.05, 0) is 19.4 Å². The summed E-state index contributed by atoms with van der Waals surface area (Å²) in [5.41, 5.74) is 0.685. The Morgan fingerprint density at radius 2 is 2.47 bits per heavy atom. The van der Waals surface area contributed by atoms with Gasteiger partial charge in [-0.1, -0.05) is 0 Å². The van der Waals surface area contributed by atoms with Crippen molar-refractivity contribution < 1.29 is 8.42 Å². The minimum absolute atomic E-state index is 0.230. The number of H-pyrrole nitrogens is 1. The fraction of sp³-hybridized carbons (Fsp3) is 0.667. The molecule has 0 saturated carbocycles. The van der Waals surface area contributed by atoms with E-state index < -0.39 is 9.84 Å². The lowest BCUT2D eigenvalue weighted by atomic mass is 10.0. The fourth-order valence-electron chi connectivity index (χ4n) is 1.84. The number of nitrogens with one attached hydrogen (secondary N) is 2. The lowest BCUT2D eigenvalue weighted by Crippen LogP contribution is -2.42. The lowest BCUT2D eigenvalue weighted by Gasteiger charge is -2.23. The summed E-state index contributed by atoms with van der Waals surface area (Å²) >= 11 is 0. The highest BCUT2D eigenvalue weighted by molar-refractivity contribution is 7.91. The summed E-state index contributed by atoms with van der Waals surface area (Å²) in [5, 5.41) is 9.94. The molecule has 1 aliphatic heterocycles. The van der Waals surface area contributed by atoms with Gasteiger partial charge in [0.15, 0.2) is 9.84 Å². The maximum absolute atomic E-state index is 11.3. The molecule has 1 fully saturated rings. The van der Waals surface area contributed by atoms with Crippen LogP contribution in [0.25, 0.3) is 0 Å². The van der Waals surface area contributed by atoms with E-state index in [-0.39, 0.29) is 11.3 Å². The molecule has 6 heteroatoms. The van der Waals surface area contributed by atoms with Gasteiger partial charge in [-0.25, -0.2) is 8.42 Å². The first kappa shape index (κ1) is 10.6. The SMILES string of the molecule is CC1(NCc2ccn[nH]2)CCS(=O)(=O)C1. The van der Waals surface area contributed by atoms with Gasteiger partial charge >= 0.3 is 0 Å².